The maximum atomic E-state index is 14.0. The molecular formula is C40H53F9N10O2. The maximum absolute atomic E-state index is 14.0. The zero-order valence-electron chi connectivity index (χ0n) is 34.6. The normalized spacial score (nSPS) is 16.9. The van der Waals surface area contributed by atoms with Crippen molar-refractivity contribution in [3.8, 4) is 0 Å². The van der Waals surface area contributed by atoms with Crippen LogP contribution in [0.1, 0.15) is 101 Å². The molecule has 0 radical (unpaired) electrons. The molecule has 0 atom stereocenters. The number of hydrazine groups is 2. The van der Waals surface area contributed by atoms with E-state index >= 15 is 0 Å². The molecule has 1 aliphatic carbocycles. The number of aromatic nitrogens is 1. The number of alkyl halides is 9. The molecule has 2 heterocycles. The first kappa shape index (κ1) is 50.2. The van der Waals surface area contributed by atoms with E-state index in [0.717, 1.165) is 41.8 Å². The second-order valence-corrected chi connectivity index (χ2v) is 14.3. The lowest BCUT2D eigenvalue weighted by Gasteiger charge is -2.35. The van der Waals surface area contributed by atoms with Crippen molar-refractivity contribution in [3.05, 3.63) is 93.7 Å². The number of amides is 2. The number of nitrogens with two attached hydrogens (primary N) is 3. The van der Waals surface area contributed by atoms with E-state index in [1.54, 1.807) is 43.1 Å². The van der Waals surface area contributed by atoms with Gasteiger partial charge in [0.1, 0.15) is 5.82 Å². The van der Waals surface area contributed by atoms with Crippen molar-refractivity contribution in [2.45, 2.75) is 84.5 Å². The molecule has 61 heavy (non-hydrogen) atoms. The Hall–Kier alpha value is -5.15. The van der Waals surface area contributed by atoms with Gasteiger partial charge in [-0.05, 0) is 87.0 Å². The van der Waals surface area contributed by atoms with Gasteiger partial charge in [-0.1, -0.05) is 38.8 Å². The average molecular weight is 877 g/mol. The predicted octanol–water partition coefficient (Wildman–Crippen LogP) is 7.60. The minimum atomic E-state index is -5.14. The lowest BCUT2D eigenvalue weighted by molar-refractivity contribution is -0.143. The van der Waals surface area contributed by atoms with Gasteiger partial charge in [0, 0.05) is 51.5 Å². The highest BCUT2D eigenvalue weighted by Gasteiger charge is 2.38. The molecule has 1 aromatic heterocycles. The van der Waals surface area contributed by atoms with Crippen molar-refractivity contribution < 1.29 is 49.1 Å². The van der Waals surface area contributed by atoms with Gasteiger partial charge in [0.2, 0.25) is 5.96 Å². The van der Waals surface area contributed by atoms with Gasteiger partial charge in [-0.3, -0.25) is 25.8 Å². The summed E-state index contributed by atoms with van der Waals surface area (Å²) in [7, 11) is 2.90. The van der Waals surface area contributed by atoms with Crippen molar-refractivity contribution in [1.29, 1.82) is 0 Å². The lowest BCUT2D eigenvalue weighted by Crippen LogP contribution is -2.40. The molecule has 1 fully saturated rings. The Morgan fingerprint density at radius 1 is 0.836 bits per heavy atom. The van der Waals surface area contributed by atoms with Crippen molar-refractivity contribution >= 4 is 23.6 Å². The van der Waals surface area contributed by atoms with Crippen LogP contribution in [0.3, 0.4) is 0 Å². The highest BCUT2D eigenvalue weighted by atomic mass is 19.4. The van der Waals surface area contributed by atoms with Gasteiger partial charge in [-0.15, -0.1) is 5.10 Å². The molecule has 21 heteroatoms. The number of benzene rings is 2. The zero-order valence-corrected chi connectivity index (χ0v) is 34.6. The van der Waals surface area contributed by atoms with Crippen LogP contribution in [0.15, 0.2) is 59.8 Å². The van der Waals surface area contributed by atoms with Gasteiger partial charge < -0.3 is 15.5 Å². The molecule has 2 amide bonds. The number of pyridine rings is 1. The van der Waals surface area contributed by atoms with Crippen LogP contribution in [0.25, 0.3) is 0 Å². The minimum absolute atomic E-state index is 0.0328. The molecule has 1 aliphatic heterocycles. The van der Waals surface area contributed by atoms with Crippen molar-refractivity contribution in [3.63, 3.8) is 0 Å². The summed E-state index contributed by atoms with van der Waals surface area (Å²) in [6.45, 7) is 5.46. The van der Waals surface area contributed by atoms with Crippen LogP contribution in [0, 0.1) is 11.8 Å². The summed E-state index contributed by atoms with van der Waals surface area (Å²) in [5.41, 5.74) is 4.31. The fraction of sp³-hybridized carbons (Fsp3) is 0.500. The van der Waals surface area contributed by atoms with Crippen LogP contribution in [0.5, 0.6) is 0 Å². The third-order valence-corrected chi connectivity index (χ3v) is 10.0. The highest BCUT2D eigenvalue weighted by molar-refractivity contribution is 6.21. The molecule has 7 N–H and O–H groups in total. The van der Waals surface area contributed by atoms with E-state index in [9.17, 15) is 49.1 Å². The molecule has 2 aliphatic rings. The molecule has 2 aromatic carbocycles. The summed E-state index contributed by atoms with van der Waals surface area (Å²) in [4.78, 5) is 33.8. The molecule has 12 nitrogen and oxygen atoms in total. The van der Waals surface area contributed by atoms with Crippen LogP contribution in [-0.2, 0) is 31.6 Å². The summed E-state index contributed by atoms with van der Waals surface area (Å²) in [5.74, 6) is 9.50. The Kier molecular flexibility index (Phi) is 17.8. The number of carbonyl (C=O) groups excluding carboxylic acids is 2. The zero-order chi connectivity index (χ0) is 45.9. The van der Waals surface area contributed by atoms with Crippen LogP contribution >= 0.6 is 0 Å². The number of imide groups is 1. The number of rotatable bonds is 12. The van der Waals surface area contributed by atoms with Gasteiger partial charge in [-0.2, -0.15) is 39.5 Å². The number of nitrogens with one attached hydrogen (secondary N) is 1. The van der Waals surface area contributed by atoms with E-state index in [2.05, 4.69) is 21.4 Å². The Balaban J connectivity index is 0.00000190. The third-order valence-electron chi connectivity index (χ3n) is 10.0. The first-order valence-corrected chi connectivity index (χ1v) is 19.6. The summed E-state index contributed by atoms with van der Waals surface area (Å²) in [5, 5.41) is 4.56. The Bertz CT molecular complexity index is 1880. The first-order chi connectivity index (χ1) is 28.6. The molecule has 0 bridgehead atoms. The number of hydrogen-bond acceptors (Lipinski definition) is 9. The van der Waals surface area contributed by atoms with E-state index in [0.29, 0.717) is 49.0 Å². The molecule has 338 valence electrons. The van der Waals surface area contributed by atoms with Gasteiger partial charge >= 0.3 is 18.5 Å². The molecule has 3 aromatic rings. The Morgan fingerprint density at radius 2 is 1.33 bits per heavy atom. The highest BCUT2D eigenvalue weighted by Crippen LogP contribution is 2.38. The number of fused-ring (bicyclic) bond motifs is 1. The first-order valence-electron chi connectivity index (χ1n) is 19.6. The molecule has 1 saturated carbocycles. The molecule has 0 saturated heterocycles. The van der Waals surface area contributed by atoms with Crippen LogP contribution < -0.4 is 27.7 Å². The number of hydrogen-bond donors (Lipinski definition) is 4. The molecule has 0 unspecified atom stereocenters. The largest absolute Gasteiger partial charge is 0.417 e. The van der Waals surface area contributed by atoms with Crippen LogP contribution in [0.4, 0.5) is 45.3 Å². The Labute approximate surface area is 348 Å². The lowest BCUT2D eigenvalue weighted by atomic mass is 9.80. The smallest absolute Gasteiger partial charge is 0.368 e. The number of hydrazone groups is 1. The van der Waals surface area contributed by atoms with Gasteiger partial charge in [0.15, 0.2) is 0 Å². The van der Waals surface area contributed by atoms with Gasteiger partial charge in [0.25, 0.3) is 11.8 Å². The molecular weight excluding hydrogens is 823 g/mol. The third kappa shape index (κ3) is 13.7. The SMILES string of the molecule is CC.CCN(CC1CCC(CCN2C(=O)c3ccccc3C2=O)CC1)c1ncc(C(F)(F)F)cc1CN(Cc1cc(C(F)(F)F)cc(C(F)(F)F)c1)/C(N)=N/N(C)N.CNN. The summed E-state index contributed by atoms with van der Waals surface area (Å²) in [6.07, 6.45) is -10.8. The monoisotopic (exact) mass is 876 g/mol. The average Bonchev–Trinajstić information content (AvgIpc) is 3.44. The van der Waals surface area contributed by atoms with Gasteiger partial charge in [-0.25, -0.2) is 15.9 Å². The van der Waals surface area contributed by atoms with E-state index in [1.807, 2.05) is 13.8 Å². The number of carbonyl (C=O) groups is 2. The van der Waals surface area contributed by atoms with Crippen molar-refractivity contribution in [2.24, 2.45) is 34.4 Å². The fourth-order valence-corrected chi connectivity index (χ4v) is 7.17. The van der Waals surface area contributed by atoms with E-state index in [1.165, 1.54) is 11.9 Å². The topological polar surface area (TPSA) is 162 Å². The molecule has 5 rings (SSSR count). The predicted molar refractivity (Wildman–Crippen MR) is 213 cm³/mol. The van der Waals surface area contributed by atoms with Crippen LogP contribution in [-0.4, -0.2) is 71.4 Å². The number of halogens is 9. The number of nitrogens with zero attached hydrogens (tertiary/aromatic N) is 6. The van der Waals surface area contributed by atoms with Gasteiger partial charge in [0.05, 0.1) is 27.8 Å². The summed E-state index contributed by atoms with van der Waals surface area (Å²) in [6, 6.07) is 8.45. The van der Waals surface area contributed by atoms with Crippen molar-refractivity contribution in [2.75, 3.05) is 38.6 Å². The van der Waals surface area contributed by atoms with Crippen molar-refractivity contribution in [1.82, 2.24) is 25.3 Å². The molecule has 0 spiro atoms. The van der Waals surface area contributed by atoms with Crippen LogP contribution in [0.2, 0.25) is 0 Å². The van der Waals surface area contributed by atoms with E-state index in [-0.39, 0.29) is 47.6 Å². The number of guanidine groups is 1. The second-order valence-electron chi connectivity index (χ2n) is 14.3. The fourth-order valence-electron chi connectivity index (χ4n) is 7.17. The maximum Gasteiger partial charge on any atom is 0.417 e. The van der Waals surface area contributed by atoms with E-state index in [4.69, 9.17) is 11.6 Å². The second kappa shape index (κ2) is 21.6. The summed E-state index contributed by atoms with van der Waals surface area (Å²) >= 11 is 0. The van der Waals surface area contributed by atoms with E-state index < -0.39 is 59.8 Å². The summed E-state index contributed by atoms with van der Waals surface area (Å²) < 4.78 is 124. The Morgan fingerprint density at radius 3 is 1.79 bits per heavy atom. The number of anilines is 1. The quantitative estimate of drug-likeness (QED) is 0.0356. The minimum Gasteiger partial charge on any atom is -0.368 e. The standard InChI is InChI=1S/C37H41F9N8O2.C2H6.CH6N2/c1-3-52(19-23-10-8-22(9-11-23)12-13-54-32(55)29-6-4-5-7-30(29)33(54)56)31-25(16-28(18-49-31)37(44,45)46)21-53(34(47)50-51(2)48)20-24-14-26(35(38,39)40)17-27(15-24)36(41,42)43;1-2;1-3-2/h4-7,14-18,22-23H,3,8-13,19-21,48H2,1-2H3,(H2,47,50);1-2H3;3H,2H2,1H3.